The van der Waals surface area contributed by atoms with Gasteiger partial charge in [0.1, 0.15) is 11.5 Å². The molecule has 2 aromatic rings. The fraction of sp³-hybridized carbons (Fsp3) is 0.300. The Bertz CT molecular complexity index is 1120. The topological polar surface area (TPSA) is 114 Å². The number of anilines is 3. The van der Waals surface area contributed by atoms with Gasteiger partial charge >= 0.3 is 0 Å². The third-order valence-electron chi connectivity index (χ3n) is 4.69. The van der Waals surface area contributed by atoms with E-state index in [1.165, 1.54) is 31.3 Å². The largest absolute Gasteiger partial charge is 0.495 e. The molecule has 1 fully saturated rings. The maximum Gasteiger partial charge on any atom is 0.229 e. The summed E-state index contributed by atoms with van der Waals surface area (Å²) >= 11 is 6.06. The maximum atomic E-state index is 12.8. The van der Waals surface area contributed by atoms with Crippen molar-refractivity contribution in [1.29, 1.82) is 0 Å². The van der Waals surface area contributed by atoms with Gasteiger partial charge in [0, 0.05) is 29.7 Å². The molecule has 0 aromatic heterocycles. The molecule has 3 rings (SSSR count). The van der Waals surface area contributed by atoms with Gasteiger partial charge in [0.25, 0.3) is 0 Å². The number of sulfonamides is 1. The van der Waals surface area contributed by atoms with Crippen LogP contribution in [0.2, 0.25) is 5.02 Å². The number of hydrogen-bond donors (Lipinski definition) is 2. The molecule has 0 bridgehead atoms. The van der Waals surface area contributed by atoms with Gasteiger partial charge in [-0.2, -0.15) is 0 Å². The summed E-state index contributed by atoms with van der Waals surface area (Å²) in [5.41, 5.74) is 1.17. The van der Waals surface area contributed by atoms with E-state index in [1.54, 1.807) is 24.3 Å². The van der Waals surface area contributed by atoms with Crippen molar-refractivity contribution < 1.29 is 27.5 Å². The van der Waals surface area contributed by atoms with Crippen LogP contribution in [-0.4, -0.2) is 47.3 Å². The lowest BCUT2D eigenvalue weighted by Gasteiger charge is -2.20. The van der Waals surface area contributed by atoms with Crippen molar-refractivity contribution >= 4 is 50.5 Å². The minimum Gasteiger partial charge on any atom is -0.495 e. The van der Waals surface area contributed by atoms with E-state index in [4.69, 9.17) is 21.1 Å². The molecule has 1 saturated heterocycles. The molecule has 9 nitrogen and oxygen atoms in total. The monoisotopic (exact) mass is 467 g/mol. The number of amides is 2. The lowest BCUT2D eigenvalue weighted by molar-refractivity contribution is -0.122. The molecule has 2 amide bonds. The van der Waals surface area contributed by atoms with E-state index in [0.717, 1.165) is 6.26 Å². The molecule has 11 heteroatoms. The van der Waals surface area contributed by atoms with Gasteiger partial charge in [0.2, 0.25) is 21.8 Å². The smallest absolute Gasteiger partial charge is 0.229 e. The highest BCUT2D eigenvalue weighted by atomic mass is 35.5. The van der Waals surface area contributed by atoms with Crippen molar-refractivity contribution in [2.75, 3.05) is 42.0 Å². The Balaban J connectivity index is 1.75. The van der Waals surface area contributed by atoms with E-state index < -0.39 is 15.9 Å². The summed E-state index contributed by atoms with van der Waals surface area (Å²) in [4.78, 5) is 26.8. The van der Waals surface area contributed by atoms with Crippen LogP contribution >= 0.6 is 11.6 Å². The summed E-state index contributed by atoms with van der Waals surface area (Å²) in [5.74, 6) is -0.418. The Hall–Kier alpha value is -2.98. The van der Waals surface area contributed by atoms with E-state index in [0.29, 0.717) is 22.1 Å². The molecule has 1 heterocycles. The summed E-state index contributed by atoms with van der Waals surface area (Å²) < 4.78 is 35.8. The number of carbonyl (C=O) groups excluding carboxylic acids is 2. The zero-order valence-electron chi connectivity index (χ0n) is 17.1. The van der Waals surface area contributed by atoms with Crippen LogP contribution in [0.15, 0.2) is 36.4 Å². The summed E-state index contributed by atoms with van der Waals surface area (Å²) in [6, 6.07) is 9.47. The van der Waals surface area contributed by atoms with Crippen LogP contribution in [0.4, 0.5) is 17.1 Å². The Morgan fingerprint density at radius 2 is 1.84 bits per heavy atom. The van der Waals surface area contributed by atoms with Crippen LogP contribution in [0, 0.1) is 5.92 Å². The third kappa shape index (κ3) is 5.39. The van der Waals surface area contributed by atoms with Crippen LogP contribution in [0.3, 0.4) is 0 Å². The fourth-order valence-corrected chi connectivity index (χ4v) is 4.02. The minimum absolute atomic E-state index is 0.0341. The molecule has 1 aliphatic heterocycles. The number of halogens is 1. The predicted molar refractivity (Wildman–Crippen MR) is 119 cm³/mol. The Morgan fingerprint density at radius 3 is 2.48 bits per heavy atom. The Kier molecular flexibility index (Phi) is 6.61. The van der Waals surface area contributed by atoms with E-state index in [9.17, 15) is 18.0 Å². The number of ether oxygens (including phenoxy) is 2. The molecule has 0 radical (unpaired) electrons. The number of nitrogens with one attached hydrogen (secondary N) is 2. The fourth-order valence-electron chi connectivity index (χ4n) is 3.29. The summed E-state index contributed by atoms with van der Waals surface area (Å²) in [5, 5.41) is 3.20. The van der Waals surface area contributed by atoms with Crippen LogP contribution in [0.25, 0.3) is 0 Å². The first-order valence-electron chi connectivity index (χ1n) is 9.22. The van der Waals surface area contributed by atoms with Crippen molar-refractivity contribution in [2.45, 2.75) is 6.42 Å². The molecule has 0 spiro atoms. The van der Waals surface area contributed by atoms with E-state index in [1.807, 2.05) is 0 Å². The van der Waals surface area contributed by atoms with Gasteiger partial charge in [-0.25, -0.2) is 8.42 Å². The second kappa shape index (κ2) is 9.03. The normalized spacial score (nSPS) is 16.2. The van der Waals surface area contributed by atoms with Crippen molar-refractivity contribution in [1.82, 2.24) is 0 Å². The summed E-state index contributed by atoms with van der Waals surface area (Å²) in [6.45, 7) is 0.173. The van der Waals surface area contributed by atoms with E-state index in [-0.39, 0.29) is 36.2 Å². The van der Waals surface area contributed by atoms with Gasteiger partial charge in [0.15, 0.2) is 0 Å². The molecular formula is C20H22ClN3O6S. The van der Waals surface area contributed by atoms with Gasteiger partial charge in [-0.1, -0.05) is 11.6 Å². The average molecular weight is 468 g/mol. The van der Waals surface area contributed by atoms with Crippen molar-refractivity contribution in [3.05, 3.63) is 41.4 Å². The van der Waals surface area contributed by atoms with Gasteiger partial charge in [-0.3, -0.25) is 14.3 Å². The van der Waals surface area contributed by atoms with E-state index in [2.05, 4.69) is 10.0 Å². The lowest BCUT2D eigenvalue weighted by Crippen LogP contribution is -2.28. The van der Waals surface area contributed by atoms with Crippen molar-refractivity contribution in [3.63, 3.8) is 0 Å². The highest BCUT2D eigenvalue weighted by molar-refractivity contribution is 7.92. The molecule has 0 saturated carbocycles. The third-order valence-corrected chi connectivity index (χ3v) is 5.52. The lowest BCUT2D eigenvalue weighted by atomic mass is 10.1. The SMILES string of the molecule is COc1cc(NC(=O)C2CC(=O)N(c3cc(Cl)ccc3OC)C2)ccc1NS(C)(=O)=O. The summed E-state index contributed by atoms with van der Waals surface area (Å²) in [7, 11) is -0.604. The summed E-state index contributed by atoms with van der Waals surface area (Å²) in [6.07, 6.45) is 1.06. The molecular weight excluding hydrogens is 446 g/mol. The first kappa shape index (κ1) is 22.7. The second-order valence-corrected chi connectivity index (χ2v) is 9.18. The van der Waals surface area contributed by atoms with Gasteiger partial charge in [-0.05, 0) is 30.3 Å². The van der Waals surface area contributed by atoms with Crippen LogP contribution in [-0.2, 0) is 19.6 Å². The Labute approximate surface area is 185 Å². The number of benzene rings is 2. The molecule has 1 unspecified atom stereocenters. The molecule has 2 N–H and O–H groups in total. The highest BCUT2D eigenvalue weighted by Gasteiger charge is 2.36. The predicted octanol–water partition coefficient (Wildman–Crippen LogP) is 2.72. The Morgan fingerprint density at radius 1 is 1.13 bits per heavy atom. The molecule has 0 aliphatic carbocycles. The quantitative estimate of drug-likeness (QED) is 0.647. The minimum atomic E-state index is -3.49. The van der Waals surface area contributed by atoms with E-state index >= 15 is 0 Å². The molecule has 31 heavy (non-hydrogen) atoms. The number of carbonyl (C=O) groups is 2. The number of rotatable bonds is 7. The maximum absolute atomic E-state index is 12.8. The van der Waals surface area contributed by atoms with Crippen molar-refractivity contribution in [2.24, 2.45) is 5.92 Å². The number of hydrogen-bond acceptors (Lipinski definition) is 6. The number of nitrogens with zero attached hydrogens (tertiary/aromatic N) is 1. The first-order valence-corrected chi connectivity index (χ1v) is 11.5. The first-order chi connectivity index (χ1) is 14.6. The zero-order chi connectivity index (χ0) is 22.8. The van der Waals surface area contributed by atoms with Gasteiger partial charge < -0.3 is 19.7 Å². The molecule has 1 aliphatic rings. The van der Waals surface area contributed by atoms with Crippen LogP contribution < -0.4 is 24.4 Å². The van der Waals surface area contributed by atoms with Crippen LogP contribution in [0.1, 0.15) is 6.42 Å². The molecule has 166 valence electrons. The average Bonchev–Trinajstić information content (AvgIpc) is 3.09. The zero-order valence-corrected chi connectivity index (χ0v) is 18.7. The van der Waals surface area contributed by atoms with Gasteiger partial charge in [-0.15, -0.1) is 0 Å². The highest BCUT2D eigenvalue weighted by Crippen LogP contribution is 2.36. The van der Waals surface area contributed by atoms with Gasteiger partial charge in [0.05, 0.1) is 37.8 Å². The van der Waals surface area contributed by atoms with Crippen LogP contribution in [0.5, 0.6) is 11.5 Å². The van der Waals surface area contributed by atoms with Crippen molar-refractivity contribution in [3.8, 4) is 11.5 Å². The molecule has 2 aromatic carbocycles. The standard InChI is InChI=1S/C20H22ClN3O6S/c1-29-17-7-4-13(21)9-16(17)24-11-12(8-19(24)25)20(26)22-14-5-6-15(18(10-14)30-2)23-31(3,27)28/h4-7,9-10,12,23H,8,11H2,1-3H3,(H,22,26). The number of methoxy groups -OCH3 is 2. The second-order valence-electron chi connectivity index (χ2n) is 7.00. The molecule has 1 atom stereocenters.